The van der Waals surface area contributed by atoms with Crippen LogP contribution in [0.15, 0.2) is 41.0 Å². The van der Waals surface area contributed by atoms with Crippen molar-refractivity contribution in [1.82, 2.24) is 10.6 Å². The Morgan fingerprint density at radius 3 is 2.55 bits per heavy atom. The van der Waals surface area contributed by atoms with Crippen LogP contribution in [0.1, 0.15) is 17.4 Å². The second-order valence-electron chi connectivity index (χ2n) is 4.62. The summed E-state index contributed by atoms with van der Waals surface area (Å²) in [7, 11) is 0. The number of furan rings is 1. The molecule has 0 saturated carbocycles. The molecule has 5 nitrogen and oxygen atoms in total. The number of benzene rings is 1. The van der Waals surface area contributed by atoms with Crippen molar-refractivity contribution < 1.29 is 14.3 Å². The number of nitrogens with one attached hydrogen (secondary N) is 2. The maximum absolute atomic E-state index is 11.6. The van der Waals surface area contributed by atoms with E-state index in [1.54, 1.807) is 30.3 Å². The Labute approximate surface area is 138 Å². The molecule has 2 rings (SSSR count). The molecule has 0 aliphatic carbocycles. The standard InChI is InChI=1S/C15H16Cl2N2O3/c16-11-3-1-4-12(17)10(11)6-7-18-15(21)19-9-13(20)14-5-2-8-22-14/h1-5,8,13,20H,6-7,9H2,(H2,18,19,21). The van der Waals surface area contributed by atoms with Gasteiger partial charge in [0, 0.05) is 16.6 Å². The first kappa shape index (κ1) is 16.7. The lowest BCUT2D eigenvalue weighted by atomic mass is 10.1. The van der Waals surface area contributed by atoms with Crippen molar-refractivity contribution in [3.63, 3.8) is 0 Å². The first-order valence-corrected chi connectivity index (χ1v) is 7.49. The van der Waals surface area contributed by atoms with Crippen LogP contribution < -0.4 is 10.6 Å². The van der Waals surface area contributed by atoms with Gasteiger partial charge in [-0.2, -0.15) is 0 Å². The summed E-state index contributed by atoms with van der Waals surface area (Å²) >= 11 is 12.1. The molecule has 1 unspecified atom stereocenters. The van der Waals surface area contributed by atoms with E-state index in [4.69, 9.17) is 27.6 Å². The fourth-order valence-corrected chi connectivity index (χ4v) is 2.49. The highest BCUT2D eigenvalue weighted by atomic mass is 35.5. The van der Waals surface area contributed by atoms with Crippen LogP contribution in [0.5, 0.6) is 0 Å². The molecule has 1 heterocycles. The van der Waals surface area contributed by atoms with E-state index in [9.17, 15) is 9.90 Å². The molecule has 1 aromatic heterocycles. The van der Waals surface area contributed by atoms with Crippen molar-refractivity contribution in [1.29, 1.82) is 0 Å². The summed E-state index contributed by atoms with van der Waals surface area (Å²) in [6.45, 7) is 0.443. The summed E-state index contributed by atoms with van der Waals surface area (Å²) in [4.78, 5) is 11.6. The van der Waals surface area contributed by atoms with Crippen molar-refractivity contribution in [2.24, 2.45) is 0 Å². The van der Waals surface area contributed by atoms with Gasteiger partial charge in [-0.1, -0.05) is 29.3 Å². The molecule has 3 N–H and O–H groups in total. The number of aliphatic hydroxyl groups is 1. The molecule has 0 bridgehead atoms. The van der Waals surface area contributed by atoms with E-state index < -0.39 is 6.10 Å². The number of hydrogen-bond donors (Lipinski definition) is 3. The van der Waals surface area contributed by atoms with Crippen molar-refractivity contribution in [2.75, 3.05) is 13.1 Å². The summed E-state index contributed by atoms with van der Waals surface area (Å²) < 4.78 is 5.04. The van der Waals surface area contributed by atoms with E-state index in [0.29, 0.717) is 28.8 Å². The Hall–Kier alpha value is -1.69. The highest BCUT2D eigenvalue weighted by Crippen LogP contribution is 2.24. The van der Waals surface area contributed by atoms with Crippen LogP contribution in [0.25, 0.3) is 0 Å². The lowest BCUT2D eigenvalue weighted by Crippen LogP contribution is -2.38. The van der Waals surface area contributed by atoms with Crippen LogP contribution in [0.3, 0.4) is 0 Å². The van der Waals surface area contributed by atoms with E-state index in [1.807, 2.05) is 0 Å². The first-order chi connectivity index (χ1) is 10.6. The maximum Gasteiger partial charge on any atom is 0.314 e. The van der Waals surface area contributed by atoms with Gasteiger partial charge < -0.3 is 20.2 Å². The highest BCUT2D eigenvalue weighted by Gasteiger charge is 2.12. The quantitative estimate of drug-likeness (QED) is 0.754. The number of aliphatic hydroxyl groups excluding tert-OH is 1. The molecule has 0 aliphatic rings. The molecule has 1 aromatic carbocycles. The SMILES string of the molecule is O=C(NCCc1c(Cl)cccc1Cl)NCC(O)c1ccco1. The number of carbonyl (C=O) groups excluding carboxylic acids is 1. The molecular formula is C15H16Cl2N2O3. The van der Waals surface area contributed by atoms with E-state index in [1.165, 1.54) is 6.26 Å². The minimum Gasteiger partial charge on any atom is -0.467 e. The predicted molar refractivity (Wildman–Crippen MR) is 85.2 cm³/mol. The second-order valence-corrected chi connectivity index (χ2v) is 5.43. The Morgan fingerprint density at radius 1 is 1.18 bits per heavy atom. The summed E-state index contributed by atoms with van der Waals surface area (Å²) in [6.07, 6.45) is 1.11. The fourth-order valence-electron chi connectivity index (χ4n) is 1.91. The monoisotopic (exact) mass is 342 g/mol. The molecule has 118 valence electrons. The molecule has 22 heavy (non-hydrogen) atoms. The van der Waals surface area contributed by atoms with Crippen LogP contribution in [0.2, 0.25) is 10.0 Å². The normalized spacial score (nSPS) is 12.0. The number of amides is 2. The molecular weight excluding hydrogens is 327 g/mol. The van der Waals surface area contributed by atoms with Crippen LogP contribution in [0.4, 0.5) is 4.79 Å². The van der Waals surface area contributed by atoms with Gasteiger partial charge in [0.05, 0.1) is 12.8 Å². The van der Waals surface area contributed by atoms with Gasteiger partial charge in [-0.3, -0.25) is 0 Å². The van der Waals surface area contributed by atoms with Crippen molar-refractivity contribution >= 4 is 29.2 Å². The summed E-state index contributed by atoms with van der Waals surface area (Å²) in [5.74, 6) is 0.406. The minimum absolute atomic E-state index is 0.0617. The third-order valence-electron chi connectivity index (χ3n) is 3.05. The average molecular weight is 343 g/mol. The Morgan fingerprint density at radius 2 is 1.91 bits per heavy atom. The molecule has 2 amide bonds. The van der Waals surface area contributed by atoms with Gasteiger partial charge in [0.2, 0.25) is 0 Å². The second kappa shape index (κ2) is 8.08. The molecule has 1 atom stereocenters. The summed E-state index contributed by atoms with van der Waals surface area (Å²) in [6, 6.07) is 8.21. The summed E-state index contributed by atoms with van der Waals surface area (Å²) in [5, 5.41) is 16.1. The third-order valence-corrected chi connectivity index (χ3v) is 3.76. The maximum atomic E-state index is 11.6. The number of carbonyl (C=O) groups is 1. The molecule has 0 saturated heterocycles. The predicted octanol–water partition coefficient (Wildman–Crippen LogP) is 3.16. The van der Waals surface area contributed by atoms with E-state index in [2.05, 4.69) is 10.6 Å². The average Bonchev–Trinajstić information content (AvgIpc) is 3.02. The van der Waals surface area contributed by atoms with Gasteiger partial charge in [-0.15, -0.1) is 0 Å². The van der Waals surface area contributed by atoms with Gasteiger partial charge in [0.15, 0.2) is 0 Å². The van der Waals surface area contributed by atoms with Gasteiger partial charge in [0.1, 0.15) is 11.9 Å². The largest absolute Gasteiger partial charge is 0.467 e. The van der Waals surface area contributed by atoms with Gasteiger partial charge in [-0.25, -0.2) is 4.79 Å². The van der Waals surface area contributed by atoms with Crippen LogP contribution in [0, 0.1) is 0 Å². The number of hydrogen-bond acceptors (Lipinski definition) is 3. The van der Waals surface area contributed by atoms with Crippen molar-refractivity contribution in [2.45, 2.75) is 12.5 Å². The lowest BCUT2D eigenvalue weighted by molar-refractivity contribution is 0.148. The number of urea groups is 1. The van der Waals surface area contributed by atoms with E-state index in [0.717, 1.165) is 5.56 Å². The molecule has 0 radical (unpaired) electrons. The molecule has 0 aliphatic heterocycles. The Balaban J connectivity index is 1.72. The van der Waals surface area contributed by atoms with Crippen molar-refractivity contribution in [3.8, 4) is 0 Å². The zero-order chi connectivity index (χ0) is 15.9. The Bertz CT molecular complexity index is 597. The third kappa shape index (κ3) is 4.66. The minimum atomic E-state index is -0.876. The Kier molecular flexibility index (Phi) is 6.12. The number of rotatable bonds is 6. The van der Waals surface area contributed by atoms with E-state index >= 15 is 0 Å². The van der Waals surface area contributed by atoms with E-state index in [-0.39, 0.29) is 12.6 Å². The zero-order valence-electron chi connectivity index (χ0n) is 11.7. The van der Waals surface area contributed by atoms with Gasteiger partial charge in [-0.05, 0) is 36.2 Å². The molecule has 0 fully saturated rings. The zero-order valence-corrected chi connectivity index (χ0v) is 13.2. The van der Waals surface area contributed by atoms with Crippen LogP contribution in [-0.4, -0.2) is 24.2 Å². The summed E-state index contributed by atoms with van der Waals surface area (Å²) in [5.41, 5.74) is 0.793. The highest BCUT2D eigenvalue weighted by molar-refractivity contribution is 6.35. The van der Waals surface area contributed by atoms with Crippen molar-refractivity contribution in [3.05, 3.63) is 58.0 Å². The first-order valence-electron chi connectivity index (χ1n) is 6.74. The smallest absolute Gasteiger partial charge is 0.314 e. The number of halogens is 2. The topological polar surface area (TPSA) is 74.5 Å². The van der Waals surface area contributed by atoms with Gasteiger partial charge in [0.25, 0.3) is 0 Å². The lowest BCUT2D eigenvalue weighted by Gasteiger charge is -2.11. The van der Waals surface area contributed by atoms with Gasteiger partial charge >= 0.3 is 6.03 Å². The van der Waals surface area contributed by atoms with Crippen LogP contribution >= 0.6 is 23.2 Å². The van der Waals surface area contributed by atoms with Crippen LogP contribution in [-0.2, 0) is 6.42 Å². The molecule has 2 aromatic rings. The fraction of sp³-hybridized carbons (Fsp3) is 0.267. The molecule has 0 spiro atoms. The molecule has 7 heteroatoms.